The molecule has 5 rings (SSSR count). The number of ether oxygens (including phenoxy) is 1. The van der Waals surface area contributed by atoms with E-state index in [1.165, 1.54) is 12.4 Å². The summed E-state index contributed by atoms with van der Waals surface area (Å²) in [6.45, 7) is 5.20. The molecule has 0 saturated carbocycles. The average molecular weight is 490 g/mol. The van der Waals surface area contributed by atoms with Crippen molar-refractivity contribution in [2.75, 3.05) is 25.0 Å². The largest absolute Gasteiger partial charge is 0.376 e. The summed E-state index contributed by atoms with van der Waals surface area (Å²) in [7, 11) is -3.61. The molecule has 4 aromatic rings. The molecule has 9 heteroatoms. The van der Waals surface area contributed by atoms with E-state index in [0.717, 1.165) is 53.0 Å². The molecule has 0 aliphatic carbocycles. The number of fused-ring (bicyclic) bond motifs is 1. The van der Waals surface area contributed by atoms with Crippen LogP contribution in [0.2, 0.25) is 0 Å². The molecule has 8 nitrogen and oxygen atoms in total. The molecule has 3 heterocycles. The maximum absolute atomic E-state index is 12.5. The Labute approximate surface area is 204 Å². The predicted molar refractivity (Wildman–Crippen MR) is 138 cm³/mol. The molecule has 2 aromatic heterocycles. The summed E-state index contributed by atoms with van der Waals surface area (Å²) in [6, 6.07) is 16.8. The van der Waals surface area contributed by atoms with Gasteiger partial charge in [0.15, 0.2) is 0 Å². The van der Waals surface area contributed by atoms with Crippen LogP contribution >= 0.6 is 0 Å². The van der Waals surface area contributed by atoms with Gasteiger partial charge in [-0.15, -0.1) is 6.58 Å². The van der Waals surface area contributed by atoms with E-state index in [2.05, 4.69) is 31.6 Å². The van der Waals surface area contributed by atoms with Gasteiger partial charge in [-0.05, 0) is 36.1 Å². The molecule has 35 heavy (non-hydrogen) atoms. The molecule has 0 spiro atoms. The number of nitrogens with one attached hydrogen (secondary N) is 3. The van der Waals surface area contributed by atoms with Crippen LogP contribution in [0.15, 0.2) is 78.5 Å². The van der Waals surface area contributed by atoms with Gasteiger partial charge in [0, 0.05) is 25.3 Å². The van der Waals surface area contributed by atoms with Crippen LogP contribution in [0.5, 0.6) is 0 Å². The summed E-state index contributed by atoms with van der Waals surface area (Å²) >= 11 is 0. The van der Waals surface area contributed by atoms with E-state index in [9.17, 15) is 8.42 Å². The fraction of sp³-hybridized carbons (Fsp3) is 0.231. The van der Waals surface area contributed by atoms with Crippen LogP contribution in [-0.2, 0) is 14.8 Å². The molecule has 2 aromatic carbocycles. The van der Waals surface area contributed by atoms with Crippen molar-refractivity contribution >= 4 is 26.9 Å². The highest BCUT2D eigenvalue weighted by atomic mass is 32.2. The second-order valence-corrected chi connectivity index (χ2v) is 10.1. The summed E-state index contributed by atoms with van der Waals surface area (Å²) in [5.74, 6) is 0.736. The van der Waals surface area contributed by atoms with Gasteiger partial charge >= 0.3 is 0 Å². The lowest BCUT2D eigenvalue weighted by molar-refractivity contribution is 0.120. The lowest BCUT2D eigenvalue weighted by Crippen LogP contribution is -2.23. The highest BCUT2D eigenvalue weighted by Crippen LogP contribution is 2.40. The Morgan fingerprint density at radius 1 is 1.09 bits per heavy atom. The van der Waals surface area contributed by atoms with Crippen LogP contribution in [0, 0.1) is 0 Å². The van der Waals surface area contributed by atoms with Crippen molar-refractivity contribution in [3.8, 4) is 22.4 Å². The number of anilines is 1. The van der Waals surface area contributed by atoms with Gasteiger partial charge in [-0.2, -0.15) is 0 Å². The number of nitrogens with zero attached hydrogens (tertiary/aromatic N) is 2. The lowest BCUT2D eigenvalue weighted by atomic mass is 9.99. The van der Waals surface area contributed by atoms with Crippen molar-refractivity contribution in [1.82, 2.24) is 19.7 Å². The Balaban J connectivity index is 1.59. The van der Waals surface area contributed by atoms with Crippen molar-refractivity contribution < 1.29 is 13.2 Å². The summed E-state index contributed by atoms with van der Waals surface area (Å²) in [6.07, 6.45) is 5.32. The number of hydrogen-bond donors (Lipinski definition) is 3. The molecule has 0 amide bonds. The number of sulfonamides is 1. The molecule has 0 bridgehead atoms. The Bertz CT molecular complexity index is 1430. The number of aromatic nitrogens is 3. The van der Waals surface area contributed by atoms with Gasteiger partial charge in [0.25, 0.3) is 0 Å². The smallest absolute Gasteiger partial charge is 0.240 e. The van der Waals surface area contributed by atoms with Gasteiger partial charge < -0.3 is 15.0 Å². The van der Waals surface area contributed by atoms with Gasteiger partial charge in [-0.3, -0.25) is 0 Å². The third kappa shape index (κ3) is 4.84. The van der Waals surface area contributed by atoms with Crippen LogP contribution in [0.3, 0.4) is 0 Å². The van der Waals surface area contributed by atoms with E-state index in [0.29, 0.717) is 12.2 Å². The molecule has 0 radical (unpaired) electrons. The van der Waals surface area contributed by atoms with E-state index in [4.69, 9.17) is 4.74 Å². The van der Waals surface area contributed by atoms with Crippen molar-refractivity contribution in [2.24, 2.45) is 0 Å². The van der Waals surface area contributed by atoms with E-state index >= 15 is 0 Å². The second kappa shape index (κ2) is 9.99. The number of H-pyrrole nitrogens is 1. The highest BCUT2D eigenvalue weighted by Gasteiger charge is 2.22. The van der Waals surface area contributed by atoms with E-state index in [1.54, 1.807) is 24.3 Å². The number of rotatable bonds is 9. The Kier molecular flexibility index (Phi) is 6.63. The first-order valence-electron chi connectivity index (χ1n) is 11.6. The first kappa shape index (κ1) is 23.2. The first-order chi connectivity index (χ1) is 17.1. The van der Waals surface area contributed by atoms with E-state index in [-0.39, 0.29) is 17.5 Å². The normalized spacial score (nSPS) is 15.9. The van der Waals surface area contributed by atoms with E-state index in [1.807, 2.05) is 30.3 Å². The maximum atomic E-state index is 12.5. The topological polar surface area (TPSA) is 109 Å². The molecule has 1 atom stereocenters. The van der Waals surface area contributed by atoms with Crippen molar-refractivity contribution in [3.63, 3.8) is 0 Å². The molecule has 1 aliphatic heterocycles. The predicted octanol–water partition coefficient (Wildman–Crippen LogP) is 4.35. The number of hydrogen-bond acceptors (Lipinski definition) is 6. The van der Waals surface area contributed by atoms with Crippen molar-refractivity contribution in [2.45, 2.75) is 23.8 Å². The fourth-order valence-corrected chi connectivity index (χ4v) is 5.33. The summed E-state index contributed by atoms with van der Waals surface area (Å²) in [4.78, 5) is 12.7. The van der Waals surface area contributed by atoms with Crippen LogP contribution in [0.4, 0.5) is 5.82 Å². The minimum Gasteiger partial charge on any atom is -0.376 e. The van der Waals surface area contributed by atoms with Gasteiger partial charge in [0.2, 0.25) is 10.0 Å². The third-order valence-corrected chi connectivity index (χ3v) is 7.48. The zero-order valence-electron chi connectivity index (χ0n) is 19.2. The van der Waals surface area contributed by atoms with Gasteiger partial charge in [-0.25, -0.2) is 23.1 Å². The molecule has 1 unspecified atom stereocenters. The standard InChI is InChI=1S/C26H27N5O3S/c1-2-14-30-35(32,33)21-12-10-19(11-13-21)24-22(18-7-4-3-5-8-18)23-25(28-17-29-26(23)31-24)27-16-20-9-6-15-34-20/h2-5,7-8,10-13,17,20,30H,1,6,9,14-16H2,(H2,27,28,29,31). The summed E-state index contributed by atoms with van der Waals surface area (Å²) in [5, 5.41) is 4.35. The first-order valence-corrected chi connectivity index (χ1v) is 13.0. The third-order valence-electron chi connectivity index (χ3n) is 6.05. The van der Waals surface area contributed by atoms with Crippen LogP contribution in [0.1, 0.15) is 12.8 Å². The fourth-order valence-electron chi connectivity index (χ4n) is 4.34. The Morgan fingerprint density at radius 2 is 1.89 bits per heavy atom. The molecule has 1 fully saturated rings. The number of aromatic amines is 1. The van der Waals surface area contributed by atoms with Gasteiger partial charge in [-0.1, -0.05) is 48.5 Å². The van der Waals surface area contributed by atoms with Crippen molar-refractivity contribution in [1.29, 1.82) is 0 Å². The zero-order valence-corrected chi connectivity index (χ0v) is 20.0. The SMILES string of the molecule is C=CCNS(=O)(=O)c1ccc(-c2[nH]c3ncnc(NCC4CCCO4)c3c2-c2ccccc2)cc1. The quantitative estimate of drug-likeness (QED) is 0.302. The maximum Gasteiger partial charge on any atom is 0.240 e. The van der Waals surface area contributed by atoms with Crippen molar-refractivity contribution in [3.05, 3.63) is 73.6 Å². The molecular weight excluding hydrogens is 462 g/mol. The Morgan fingerprint density at radius 3 is 2.60 bits per heavy atom. The minimum atomic E-state index is -3.61. The van der Waals surface area contributed by atoms with Crippen LogP contribution in [-0.4, -0.2) is 49.2 Å². The average Bonchev–Trinajstić information content (AvgIpc) is 3.55. The lowest BCUT2D eigenvalue weighted by Gasteiger charge is -2.13. The molecular formula is C26H27N5O3S. The number of benzene rings is 2. The monoisotopic (exact) mass is 489 g/mol. The molecule has 1 saturated heterocycles. The van der Waals surface area contributed by atoms with Crippen LogP contribution in [0.25, 0.3) is 33.4 Å². The summed E-state index contributed by atoms with van der Waals surface area (Å²) < 4.78 is 33.2. The van der Waals surface area contributed by atoms with Crippen LogP contribution < -0.4 is 10.0 Å². The minimum absolute atomic E-state index is 0.169. The molecule has 180 valence electrons. The highest BCUT2D eigenvalue weighted by molar-refractivity contribution is 7.89. The van der Waals surface area contributed by atoms with Gasteiger partial charge in [0.05, 0.1) is 22.1 Å². The second-order valence-electron chi connectivity index (χ2n) is 8.37. The van der Waals surface area contributed by atoms with Gasteiger partial charge in [0.1, 0.15) is 17.8 Å². The van der Waals surface area contributed by atoms with E-state index < -0.39 is 10.0 Å². The Hall–Kier alpha value is -3.53. The zero-order chi connectivity index (χ0) is 24.3. The summed E-state index contributed by atoms with van der Waals surface area (Å²) in [5.41, 5.74) is 4.35. The molecule has 3 N–H and O–H groups in total. The molecule has 1 aliphatic rings.